The molecule has 4 fully saturated rings. The Morgan fingerprint density at radius 2 is 1.68 bits per heavy atom. The summed E-state index contributed by atoms with van der Waals surface area (Å²) in [5.74, 6) is 1.73. The van der Waals surface area contributed by atoms with Gasteiger partial charge in [-0.15, -0.1) is 0 Å². The van der Waals surface area contributed by atoms with Gasteiger partial charge in [-0.2, -0.15) is 0 Å². The molecular formula is C21H36O4. The summed E-state index contributed by atoms with van der Waals surface area (Å²) in [6.07, 6.45) is 6.30. The molecule has 0 saturated heterocycles. The Hall–Kier alpha value is -0.160. The lowest BCUT2D eigenvalue weighted by Gasteiger charge is -2.63. The van der Waals surface area contributed by atoms with Crippen molar-refractivity contribution >= 4 is 0 Å². The van der Waals surface area contributed by atoms with E-state index >= 15 is 0 Å². The highest BCUT2D eigenvalue weighted by Gasteiger charge is 2.65. The molecule has 0 spiro atoms. The minimum Gasteiger partial charge on any atom is -0.396 e. The second-order valence-corrected chi connectivity index (χ2v) is 10.1. The van der Waals surface area contributed by atoms with Crippen LogP contribution in [0.2, 0.25) is 0 Å². The molecule has 4 aliphatic rings. The van der Waals surface area contributed by atoms with Gasteiger partial charge in [0.1, 0.15) is 0 Å². The smallest absolute Gasteiger partial charge is 0.0602 e. The second kappa shape index (κ2) is 6.19. The van der Waals surface area contributed by atoms with Crippen LogP contribution in [0.1, 0.15) is 65.2 Å². The van der Waals surface area contributed by atoms with Crippen LogP contribution < -0.4 is 0 Å². The molecule has 4 rings (SSSR count). The zero-order chi connectivity index (χ0) is 18.0. The van der Waals surface area contributed by atoms with Crippen LogP contribution in [0.15, 0.2) is 0 Å². The van der Waals surface area contributed by atoms with Crippen molar-refractivity contribution in [1.29, 1.82) is 0 Å². The lowest BCUT2D eigenvalue weighted by atomic mass is 9.43. The van der Waals surface area contributed by atoms with Gasteiger partial charge in [0, 0.05) is 6.61 Å². The number of hydrogen-bond donors (Lipinski definition) is 4. The first kappa shape index (κ1) is 18.2. The fourth-order valence-corrected chi connectivity index (χ4v) is 7.92. The largest absolute Gasteiger partial charge is 0.396 e. The summed E-state index contributed by atoms with van der Waals surface area (Å²) in [7, 11) is 0. The third kappa shape index (κ3) is 2.47. The van der Waals surface area contributed by atoms with Gasteiger partial charge in [-0.05, 0) is 91.8 Å². The summed E-state index contributed by atoms with van der Waals surface area (Å²) in [4.78, 5) is 0. The number of hydrogen-bond acceptors (Lipinski definition) is 4. The maximum Gasteiger partial charge on any atom is 0.0602 e. The summed E-state index contributed by atoms with van der Waals surface area (Å²) in [6, 6.07) is 0. The van der Waals surface area contributed by atoms with Gasteiger partial charge < -0.3 is 20.4 Å². The van der Waals surface area contributed by atoms with E-state index in [1.54, 1.807) is 0 Å². The molecule has 0 bridgehead atoms. The summed E-state index contributed by atoms with van der Waals surface area (Å²) >= 11 is 0. The van der Waals surface area contributed by atoms with Crippen LogP contribution >= 0.6 is 0 Å². The van der Waals surface area contributed by atoms with E-state index in [4.69, 9.17) is 0 Å². The van der Waals surface area contributed by atoms with E-state index in [1.807, 2.05) is 0 Å². The van der Waals surface area contributed by atoms with E-state index in [0.717, 1.165) is 51.4 Å². The first-order valence-corrected chi connectivity index (χ1v) is 10.5. The van der Waals surface area contributed by atoms with E-state index in [0.29, 0.717) is 23.7 Å². The fraction of sp³-hybridized carbons (Fsp3) is 1.00. The van der Waals surface area contributed by atoms with Crippen LogP contribution in [-0.2, 0) is 0 Å². The monoisotopic (exact) mass is 352 g/mol. The molecule has 0 amide bonds. The van der Waals surface area contributed by atoms with Crippen molar-refractivity contribution < 1.29 is 20.4 Å². The highest BCUT2D eigenvalue weighted by molar-refractivity contribution is 5.13. The maximum absolute atomic E-state index is 11.2. The van der Waals surface area contributed by atoms with E-state index in [1.165, 1.54) is 0 Å². The minimum atomic E-state index is -0.340. The molecule has 144 valence electrons. The zero-order valence-electron chi connectivity index (χ0n) is 15.8. The molecular weight excluding hydrogens is 316 g/mol. The molecule has 0 unspecified atom stereocenters. The third-order valence-electron chi connectivity index (χ3n) is 9.43. The van der Waals surface area contributed by atoms with Gasteiger partial charge in [0.2, 0.25) is 0 Å². The van der Waals surface area contributed by atoms with Crippen molar-refractivity contribution in [1.82, 2.24) is 0 Å². The summed E-state index contributed by atoms with van der Waals surface area (Å²) in [6.45, 7) is 4.77. The number of rotatable bonds is 2. The standard InChI is InChI=1S/C21H36O4/c1-20-7-5-14(23)9-13(20)10-17(24)19-15-4-3-12(6-8-22)21(15,2)18(25)11-16(19)20/h12-19,22-25H,3-11H2,1-2H3/t12-,13+,14-,15+,16+,17-,18+,19+,20+,21-/m1/s1. The molecule has 4 aliphatic carbocycles. The second-order valence-electron chi connectivity index (χ2n) is 10.1. The molecule has 0 aromatic heterocycles. The molecule has 25 heavy (non-hydrogen) atoms. The van der Waals surface area contributed by atoms with E-state index < -0.39 is 0 Å². The highest BCUT2D eigenvalue weighted by Crippen LogP contribution is 2.67. The van der Waals surface area contributed by atoms with Gasteiger partial charge >= 0.3 is 0 Å². The van der Waals surface area contributed by atoms with Crippen LogP contribution in [0, 0.1) is 40.4 Å². The van der Waals surface area contributed by atoms with Crippen LogP contribution in [0.25, 0.3) is 0 Å². The van der Waals surface area contributed by atoms with Crippen molar-refractivity contribution in [3.63, 3.8) is 0 Å². The molecule has 0 heterocycles. The highest BCUT2D eigenvalue weighted by atomic mass is 16.3. The molecule has 0 aromatic rings. The van der Waals surface area contributed by atoms with Crippen LogP contribution in [0.4, 0.5) is 0 Å². The number of aliphatic hydroxyl groups excluding tert-OH is 4. The SMILES string of the molecule is C[C@]12CC[C@@H](O)C[C@H]1C[C@@H](O)[C@@H]1[C@@H]2C[C@H](O)[C@]2(C)[C@@H](CCO)CC[C@@H]12. The summed E-state index contributed by atoms with van der Waals surface area (Å²) in [5, 5.41) is 41.9. The average molecular weight is 353 g/mol. The molecule has 0 aliphatic heterocycles. The van der Waals surface area contributed by atoms with E-state index in [2.05, 4.69) is 13.8 Å². The summed E-state index contributed by atoms with van der Waals surface area (Å²) in [5.41, 5.74) is -0.0250. The van der Waals surface area contributed by atoms with Crippen molar-refractivity contribution in [2.75, 3.05) is 6.61 Å². The van der Waals surface area contributed by atoms with Crippen molar-refractivity contribution in [3.05, 3.63) is 0 Å². The van der Waals surface area contributed by atoms with Gasteiger partial charge in [-0.25, -0.2) is 0 Å². The molecule has 4 saturated carbocycles. The van der Waals surface area contributed by atoms with Gasteiger partial charge in [0.25, 0.3) is 0 Å². The Morgan fingerprint density at radius 3 is 2.40 bits per heavy atom. The van der Waals surface area contributed by atoms with E-state index in [-0.39, 0.29) is 41.7 Å². The van der Waals surface area contributed by atoms with Crippen molar-refractivity contribution in [2.24, 2.45) is 40.4 Å². The molecule has 0 radical (unpaired) electrons. The maximum atomic E-state index is 11.2. The number of fused-ring (bicyclic) bond motifs is 5. The number of aliphatic hydroxyl groups is 4. The third-order valence-corrected chi connectivity index (χ3v) is 9.43. The predicted octanol–water partition coefficient (Wildman–Crippen LogP) is 2.33. The Balaban J connectivity index is 1.67. The Bertz CT molecular complexity index is 510. The lowest BCUT2D eigenvalue weighted by molar-refractivity contribution is -0.204. The predicted molar refractivity (Wildman–Crippen MR) is 95.7 cm³/mol. The molecule has 4 N–H and O–H groups in total. The summed E-state index contributed by atoms with van der Waals surface area (Å²) < 4.78 is 0. The van der Waals surface area contributed by atoms with Crippen molar-refractivity contribution in [3.8, 4) is 0 Å². The Labute approximate surface area is 151 Å². The minimum absolute atomic E-state index is 0.139. The first-order valence-electron chi connectivity index (χ1n) is 10.5. The molecule has 4 nitrogen and oxygen atoms in total. The molecule has 10 atom stereocenters. The van der Waals surface area contributed by atoms with Crippen LogP contribution in [0.3, 0.4) is 0 Å². The fourth-order valence-electron chi connectivity index (χ4n) is 7.92. The topological polar surface area (TPSA) is 80.9 Å². The van der Waals surface area contributed by atoms with Gasteiger partial charge in [-0.1, -0.05) is 13.8 Å². The quantitative estimate of drug-likeness (QED) is 0.615. The van der Waals surface area contributed by atoms with Gasteiger partial charge in [0.05, 0.1) is 18.3 Å². The van der Waals surface area contributed by atoms with Crippen molar-refractivity contribution in [2.45, 2.75) is 83.5 Å². The normalized spacial score (nSPS) is 58.3. The first-order chi connectivity index (χ1) is 11.8. The Kier molecular flexibility index (Phi) is 4.51. The van der Waals surface area contributed by atoms with Gasteiger partial charge in [0.15, 0.2) is 0 Å². The average Bonchev–Trinajstić information content (AvgIpc) is 2.89. The van der Waals surface area contributed by atoms with E-state index in [9.17, 15) is 20.4 Å². The molecule has 4 heteroatoms. The molecule has 0 aromatic carbocycles. The van der Waals surface area contributed by atoms with Crippen LogP contribution in [-0.4, -0.2) is 45.3 Å². The Morgan fingerprint density at radius 1 is 0.920 bits per heavy atom. The van der Waals surface area contributed by atoms with Gasteiger partial charge in [-0.3, -0.25) is 0 Å². The zero-order valence-corrected chi connectivity index (χ0v) is 15.8. The van der Waals surface area contributed by atoms with Crippen LogP contribution in [0.5, 0.6) is 0 Å². The lowest BCUT2D eigenvalue weighted by Crippen LogP contribution is -2.62.